The lowest BCUT2D eigenvalue weighted by molar-refractivity contribution is -0.384. The minimum atomic E-state index is -0.574. The van der Waals surface area contributed by atoms with Gasteiger partial charge in [0.25, 0.3) is 5.69 Å². The summed E-state index contributed by atoms with van der Waals surface area (Å²) in [4.78, 5) is 36.4. The quantitative estimate of drug-likeness (QED) is 0.460. The highest BCUT2D eigenvalue weighted by Gasteiger charge is 2.16. The fourth-order valence-electron chi connectivity index (χ4n) is 2.46. The van der Waals surface area contributed by atoms with Crippen LogP contribution < -0.4 is 10.6 Å². The van der Waals surface area contributed by atoms with Crippen molar-refractivity contribution >= 4 is 46.4 Å². The fourth-order valence-corrected chi connectivity index (χ4v) is 2.75. The third kappa shape index (κ3) is 7.34. The van der Waals surface area contributed by atoms with Gasteiger partial charge in [0.1, 0.15) is 0 Å². The number of carbonyl (C=O) groups is 2. The zero-order valence-electron chi connectivity index (χ0n) is 15.7. The molecule has 2 rings (SSSR count). The van der Waals surface area contributed by atoms with Crippen molar-refractivity contribution in [2.24, 2.45) is 0 Å². The molecule has 0 aliphatic carbocycles. The number of nitrogens with zero attached hydrogens (tertiary/aromatic N) is 2. The molecule has 0 aliphatic heterocycles. The number of benzene rings is 2. The van der Waals surface area contributed by atoms with Crippen LogP contribution in [-0.2, 0) is 16.1 Å². The van der Waals surface area contributed by atoms with Gasteiger partial charge in [0.15, 0.2) is 0 Å². The van der Waals surface area contributed by atoms with Crippen LogP contribution in [0.3, 0.4) is 0 Å². The van der Waals surface area contributed by atoms with Crippen molar-refractivity contribution in [2.75, 3.05) is 25.0 Å². The van der Waals surface area contributed by atoms with E-state index in [-0.39, 0.29) is 35.4 Å². The Balaban J connectivity index is 1.87. The summed E-state index contributed by atoms with van der Waals surface area (Å²) in [6, 6.07) is 10.9. The van der Waals surface area contributed by atoms with Crippen LogP contribution in [0.25, 0.3) is 0 Å². The molecule has 0 spiro atoms. The van der Waals surface area contributed by atoms with Gasteiger partial charge in [-0.3, -0.25) is 24.6 Å². The second kappa shape index (κ2) is 10.8. The lowest BCUT2D eigenvalue weighted by Crippen LogP contribution is -2.40. The van der Waals surface area contributed by atoms with Crippen LogP contribution in [-0.4, -0.2) is 41.3 Å². The van der Waals surface area contributed by atoms with Crippen LogP contribution in [0, 0.1) is 10.1 Å². The van der Waals surface area contributed by atoms with Crippen LogP contribution in [0.2, 0.25) is 10.0 Å². The zero-order valence-corrected chi connectivity index (χ0v) is 17.2. The number of rotatable bonds is 9. The Labute approximate surface area is 177 Å². The first-order valence-electron chi connectivity index (χ1n) is 8.75. The van der Waals surface area contributed by atoms with Crippen molar-refractivity contribution in [3.63, 3.8) is 0 Å². The summed E-state index contributed by atoms with van der Waals surface area (Å²) in [5.41, 5.74) is 0.872. The number of carbonyl (C=O) groups excluding carboxylic acids is 2. The number of likely N-dealkylation sites (N-methyl/N-ethyl adjacent to an activating group) is 1. The van der Waals surface area contributed by atoms with Crippen LogP contribution in [0.15, 0.2) is 42.5 Å². The predicted octanol–water partition coefficient (Wildman–Crippen LogP) is 3.48. The van der Waals surface area contributed by atoms with E-state index in [1.165, 1.54) is 18.2 Å². The molecule has 2 aromatic rings. The number of halogens is 2. The van der Waals surface area contributed by atoms with Gasteiger partial charge < -0.3 is 10.6 Å². The topological polar surface area (TPSA) is 105 Å². The third-order valence-electron chi connectivity index (χ3n) is 4.02. The Kier molecular flexibility index (Phi) is 8.38. The highest BCUT2D eigenvalue weighted by molar-refractivity contribution is 6.33. The normalized spacial score (nSPS) is 10.6. The summed E-state index contributed by atoms with van der Waals surface area (Å²) in [6.07, 6.45) is 0. The number of nitrogens with one attached hydrogen (secondary N) is 2. The van der Waals surface area contributed by atoms with Crippen molar-refractivity contribution in [3.05, 3.63) is 68.2 Å². The molecule has 0 saturated heterocycles. The molecule has 2 N–H and O–H groups in total. The first-order valence-corrected chi connectivity index (χ1v) is 9.51. The van der Waals surface area contributed by atoms with Crippen molar-refractivity contribution in [1.82, 2.24) is 10.2 Å². The Morgan fingerprint density at radius 1 is 1.07 bits per heavy atom. The van der Waals surface area contributed by atoms with E-state index >= 15 is 0 Å². The Morgan fingerprint density at radius 3 is 2.34 bits per heavy atom. The maximum Gasteiger partial charge on any atom is 0.271 e. The average molecular weight is 439 g/mol. The first kappa shape index (κ1) is 22.6. The van der Waals surface area contributed by atoms with Gasteiger partial charge in [-0.2, -0.15) is 0 Å². The van der Waals surface area contributed by atoms with E-state index in [9.17, 15) is 19.7 Å². The molecule has 2 aromatic carbocycles. The van der Waals surface area contributed by atoms with Crippen LogP contribution in [0.4, 0.5) is 11.4 Å². The van der Waals surface area contributed by atoms with Gasteiger partial charge in [0, 0.05) is 23.7 Å². The standard InChI is InChI=1S/C19H20Cl2N4O4/c1-2-24(11-18(26)22-10-13-3-5-14(20)6-4-13)12-19(27)23-17-9-15(25(28)29)7-8-16(17)21/h3-9H,2,10-12H2,1H3,(H,22,26)(H,23,27). The predicted molar refractivity (Wildman–Crippen MR) is 112 cm³/mol. The lowest BCUT2D eigenvalue weighted by atomic mass is 10.2. The number of nitro benzene ring substituents is 1. The largest absolute Gasteiger partial charge is 0.351 e. The van der Waals surface area contributed by atoms with Crippen molar-refractivity contribution in [3.8, 4) is 0 Å². The van der Waals surface area contributed by atoms with Gasteiger partial charge in [0.2, 0.25) is 11.8 Å². The summed E-state index contributed by atoms with van der Waals surface area (Å²) < 4.78 is 0. The summed E-state index contributed by atoms with van der Waals surface area (Å²) in [5, 5.41) is 17.0. The third-order valence-corrected chi connectivity index (χ3v) is 4.60. The summed E-state index contributed by atoms with van der Waals surface area (Å²) >= 11 is 11.8. The maximum absolute atomic E-state index is 12.3. The number of nitro groups is 1. The van der Waals surface area contributed by atoms with Gasteiger partial charge in [0.05, 0.1) is 28.7 Å². The number of non-ortho nitro benzene ring substituents is 1. The number of hydrogen-bond acceptors (Lipinski definition) is 5. The van der Waals surface area contributed by atoms with Crippen molar-refractivity contribution in [2.45, 2.75) is 13.5 Å². The Hall–Kier alpha value is -2.68. The number of amides is 2. The molecule has 0 unspecified atom stereocenters. The molecule has 10 heteroatoms. The minimum absolute atomic E-state index is 0.0280. The average Bonchev–Trinajstić information content (AvgIpc) is 2.68. The molecule has 0 heterocycles. The van der Waals surface area contributed by atoms with E-state index in [2.05, 4.69) is 10.6 Å². The molecule has 0 aliphatic rings. The molecule has 0 fully saturated rings. The maximum atomic E-state index is 12.3. The molecule has 0 atom stereocenters. The van der Waals surface area contributed by atoms with Gasteiger partial charge in [-0.05, 0) is 30.3 Å². The van der Waals surface area contributed by atoms with Crippen LogP contribution in [0.1, 0.15) is 12.5 Å². The zero-order chi connectivity index (χ0) is 21.4. The summed E-state index contributed by atoms with van der Waals surface area (Å²) in [5.74, 6) is -0.664. The fraction of sp³-hybridized carbons (Fsp3) is 0.263. The molecule has 0 aromatic heterocycles. The van der Waals surface area contributed by atoms with E-state index in [1.807, 2.05) is 19.1 Å². The van der Waals surface area contributed by atoms with Crippen LogP contribution in [0.5, 0.6) is 0 Å². The van der Waals surface area contributed by atoms with E-state index in [0.29, 0.717) is 18.1 Å². The van der Waals surface area contributed by atoms with E-state index in [1.54, 1.807) is 17.0 Å². The SMILES string of the molecule is CCN(CC(=O)NCc1ccc(Cl)cc1)CC(=O)Nc1cc([N+](=O)[O-])ccc1Cl. The van der Waals surface area contributed by atoms with Gasteiger partial charge in [-0.15, -0.1) is 0 Å². The highest BCUT2D eigenvalue weighted by Crippen LogP contribution is 2.26. The van der Waals surface area contributed by atoms with Gasteiger partial charge >= 0.3 is 0 Å². The first-order chi connectivity index (χ1) is 13.8. The summed E-state index contributed by atoms with van der Waals surface area (Å²) in [7, 11) is 0. The Bertz CT molecular complexity index is 890. The molecule has 0 radical (unpaired) electrons. The Morgan fingerprint density at radius 2 is 1.72 bits per heavy atom. The van der Waals surface area contributed by atoms with Gasteiger partial charge in [-0.25, -0.2) is 0 Å². The molecule has 8 nitrogen and oxygen atoms in total. The molecular weight excluding hydrogens is 419 g/mol. The second-order valence-corrected chi connectivity index (χ2v) is 7.02. The second-order valence-electron chi connectivity index (χ2n) is 6.18. The van der Waals surface area contributed by atoms with E-state index in [4.69, 9.17) is 23.2 Å². The minimum Gasteiger partial charge on any atom is -0.351 e. The molecule has 2 amide bonds. The molecule has 154 valence electrons. The van der Waals surface area contributed by atoms with E-state index in [0.717, 1.165) is 5.56 Å². The highest BCUT2D eigenvalue weighted by atomic mass is 35.5. The molecule has 0 bridgehead atoms. The van der Waals surface area contributed by atoms with Crippen molar-refractivity contribution in [1.29, 1.82) is 0 Å². The summed E-state index contributed by atoms with van der Waals surface area (Å²) in [6.45, 7) is 2.59. The molecule has 29 heavy (non-hydrogen) atoms. The monoisotopic (exact) mass is 438 g/mol. The van der Waals surface area contributed by atoms with Crippen molar-refractivity contribution < 1.29 is 14.5 Å². The smallest absolute Gasteiger partial charge is 0.271 e. The molecule has 0 saturated carbocycles. The number of anilines is 1. The van der Waals surface area contributed by atoms with E-state index < -0.39 is 10.8 Å². The molecular formula is C19H20Cl2N4O4. The lowest BCUT2D eigenvalue weighted by Gasteiger charge is -2.19. The van der Waals surface area contributed by atoms with Crippen LogP contribution >= 0.6 is 23.2 Å². The number of hydrogen-bond donors (Lipinski definition) is 2. The van der Waals surface area contributed by atoms with Gasteiger partial charge in [-0.1, -0.05) is 42.3 Å².